The molecular weight excluding hydrogens is 311 g/mol. The van der Waals surface area contributed by atoms with Gasteiger partial charge in [-0.15, -0.1) is 0 Å². The first-order valence-electron chi connectivity index (χ1n) is 7.57. The van der Waals surface area contributed by atoms with Gasteiger partial charge in [0.1, 0.15) is 11.6 Å². The Bertz CT molecular complexity index is 761. The summed E-state index contributed by atoms with van der Waals surface area (Å²) in [5, 5.41) is 2.84. The molecule has 2 aromatic carbocycles. The highest BCUT2D eigenvalue weighted by Crippen LogP contribution is 2.22. The summed E-state index contributed by atoms with van der Waals surface area (Å²) in [5.41, 5.74) is 0.994. The van der Waals surface area contributed by atoms with Crippen molar-refractivity contribution >= 4 is 17.5 Å². The van der Waals surface area contributed by atoms with Crippen molar-refractivity contribution in [3.05, 3.63) is 59.9 Å². The minimum atomic E-state index is -0.397. The van der Waals surface area contributed by atoms with Crippen molar-refractivity contribution in [1.82, 2.24) is 5.32 Å². The predicted molar refractivity (Wildman–Crippen MR) is 87.6 cm³/mol. The number of anilines is 1. The third-order valence-corrected chi connectivity index (χ3v) is 3.93. The van der Waals surface area contributed by atoms with E-state index in [1.807, 2.05) is 0 Å². The Morgan fingerprint density at radius 1 is 1.25 bits per heavy atom. The molecule has 5 nitrogen and oxygen atoms in total. The van der Waals surface area contributed by atoms with E-state index in [4.69, 9.17) is 4.74 Å². The number of nitrogens with zero attached hydrogens (tertiary/aromatic N) is 1. The highest BCUT2D eigenvalue weighted by atomic mass is 19.1. The number of benzene rings is 2. The smallest absolute Gasteiger partial charge is 0.251 e. The van der Waals surface area contributed by atoms with Crippen LogP contribution in [0.4, 0.5) is 10.1 Å². The van der Waals surface area contributed by atoms with Crippen molar-refractivity contribution in [2.24, 2.45) is 0 Å². The van der Waals surface area contributed by atoms with Gasteiger partial charge in [0.05, 0.1) is 13.2 Å². The average Bonchev–Trinajstić information content (AvgIpc) is 2.95. The van der Waals surface area contributed by atoms with Gasteiger partial charge in [0, 0.05) is 24.2 Å². The zero-order valence-corrected chi connectivity index (χ0v) is 13.2. The van der Waals surface area contributed by atoms with E-state index >= 15 is 0 Å². The van der Waals surface area contributed by atoms with E-state index in [1.165, 1.54) is 17.0 Å². The van der Waals surface area contributed by atoms with Crippen LogP contribution in [0.3, 0.4) is 0 Å². The molecule has 1 saturated heterocycles. The summed E-state index contributed by atoms with van der Waals surface area (Å²) < 4.78 is 18.4. The Balaban J connectivity index is 1.66. The van der Waals surface area contributed by atoms with Crippen LogP contribution < -0.4 is 15.0 Å². The Kier molecular flexibility index (Phi) is 4.46. The maximum atomic E-state index is 13.3. The first-order chi connectivity index (χ1) is 11.6. The molecule has 1 heterocycles. The van der Waals surface area contributed by atoms with Gasteiger partial charge in [-0.05, 0) is 42.5 Å². The minimum absolute atomic E-state index is 0.138. The highest BCUT2D eigenvalue weighted by Gasteiger charge is 2.31. The van der Waals surface area contributed by atoms with E-state index in [-0.39, 0.29) is 24.3 Å². The number of hydrogen-bond donors (Lipinski definition) is 1. The van der Waals surface area contributed by atoms with Crippen LogP contribution >= 0.6 is 0 Å². The summed E-state index contributed by atoms with van der Waals surface area (Å²) >= 11 is 0. The average molecular weight is 328 g/mol. The summed E-state index contributed by atoms with van der Waals surface area (Å²) in [5.74, 6) is -0.122. The molecule has 0 radical (unpaired) electrons. The van der Waals surface area contributed by atoms with E-state index in [1.54, 1.807) is 43.5 Å². The van der Waals surface area contributed by atoms with Crippen LogP contribution in [0.25, 0.3) is 0 Å². The van der Waals surface area contributed by atoms with Crippen LogP contribution in [0.1, 0.15) is 16.8 Å². The molecule has 0 bridgehead atoms. The Labute approximate surface area is 139 Å². The SMILES string of the molecule is COc1ccc(C(=O)NC2CC(=O)N(c3cccc(F)c3)C2)cc1. The summed E-state index contributed by atoms with van der Waals surface area (Å²) in [6.45, 7) is 0.324. The molecule has 24 heavy (non-hydrogen) atoms. The summed E-state index contributed by atoms with van der Waals surface area (Å²) in [7, 11) is 1.56. The van der Waals surface area contributed by atoms with Crippen molar-refractivity contribution in [2.45, 2.75) is 12.5 Å². The van der Waals surface area contributed by atoms with Gasteiger partial charge < -0.3 is 15.0 Å². The number of nitrogens with one attached hydrogen (secondary N) is 1. The van der Waals surface area contributed by atoms with Crippen molar-refractivity contribution < 1.29 is 18.7 Å². The van der Waals surface area contributed by atoms with Crippen LogP contribution in [0, 0.1) is 5.82 Å². The molecule has 1 unspecified atom stereocenters. The number of amides is 2. The number of halogens is 1. The summed E-state index contributed by atoms with van der Waals surface area (Å²) in [6.07, 6.45) is 0.193. The molecule has 1 fully saturated rings. The van der Waals surface area contributed by atoms with Gasteiger partial charge in [0.25, 0.3) is 5.91 Å². The number of carbonyl (C=O) groups excluding carboxylic acids is 2. The lowest BCUT2D eigenvalue weighted by Gasteiger charge is -2.17. The monoisotopic (exact) mass is 328 g/mol. The van der Waals surface area contributed by atoms with E-state index in [9.17, 15) is 14.0 Å². The number of rotatable bonds is 4. The van der Waals surface area contributed by atoms with Gasteiger partial charge in [0.15, 0.2) is 0 Å². The van der Waals surface area contributed by atoms with E-state index in [0.717, 1.165) is 0 Å². The highest BCUT2D eigenvalue weighted by molar-refractivity contribution is 5.99. The molecule has 1 N–H and O–H groups in total. The Hall–Kier alpha value is -2.89. The zero-order chi connectivity index (χ0) is 17.1. The number of carbonyl (C=O) groups is 2. The normalized spacial score (nSPS) is 17.0. The number of hydrogen-bond acceptors (Lipinski definition) is 3. The van der Waals surface area contributed by atoms with Crippen LogP contribution in [-0.2, 0) is 4.79 Å². The third-order valence-electron chi connectivity index (χ3n) is 3.93. The second-order valence-electron chi connectivity index (χ2n) is 5.59. The van der Waals surface area contributed by atoms with Gasteiger partial charge in [-0.25, -0.2) is 4.39 Å². The largest absolute Gasteiger partial charge is 0.497 e. The molecule has 1 aliphatic heterocycles. The molecule has 1 aliphatic rings. The lowest BCUT2D eigenvalue weighted by molar-refractivity contribution is -0.117. The standard InChI is InChI=1S/C18H17FN2O3/c1-24-16-7-5-12(6-8-16)18(23)20-14-10-17(22)21(11-14)15-4-2-3-13(19)9-15/h2-9,14H,10-11H2,1H3,(H,20,23). The molecule has 0 aliphatic carbocycles. The predicted octanol–water partition coefficient (Wildman–Crippen LogP) is 2.37. The maximum Gasteiger partial charge on any atom is 0.251 e. The van der Waals surface area contributed by atoms with Crippen molar-refractivity contribution in [1.29, 1.82) is 0 Å². The Morgan fingerprint density at radius 3 is 2.67 bits per heavy atom. The fourth-order valence-corrected chi connectivity index (χ4v) is 2.71. The molecule has 0 spiro atoms. The summed E-state index contributed by atoms with van der Waals surface area (Å²) in [4.78, 5) is 25.9. The molecule has 0 saturated carbocycles. The van der Waals surface area contributed by atoms with Gasteiger partial charge in [-0.3, -0.25) is 9.59 Å². The molecule has 2 amide bonds. The van der Waals surface area contributed by atoms with Crippen LogP contribution in [0.15, 0.2) is 48.5 Å². The molecule has 2 aromatic rings. The number of ether oxygens (including phenoxy) is 1. The fourth-order valence-electron chi connectivity index (χ4n) is 2.71. The van der Waals surface area contributed by atoms with E-state index in [2.05, 4.69) is 5.32 Å². The minimum Gasteiger partial charge on any atom is -0.497 e. The second kappa shape index (κ2) is 6.70. The molecule has 0 aromatic heterocycles. The maximum absolute atomic E-state index is 13.3. The van der Waals surface area contributed by atoms with Crippen molar-refractivity contribution in [3.63, 3.8) is 0 Å². The lowest BCUT2D eigenvalue weighted by atomic mass is 10.2. The van der Waals surface area contributed by atoms with Gasteiger partial charge in [0.2, 0.25) is 5.91 Å². The van der Waals surface area contributed by atoms with E-state index < -0.39 is 5.82 Å². The number of methoxy groups -OCH3 is 1. The zero-order valence-electron chi connectivity index (χ0n) is 13.2. The third kappa shape index (κ3) is 3.37. The van der Waals surface area contributed by atoms with Crippen molar-refractivity contribution in [3.8, 4) is 5.75 Å². The Morgan fingerprint density at radius 2 is 2.00 bits per heavy atom. The van der Waals surface area contributed by atoms with Gasteiger partial charge in [-0.1, -0.05) is 6.07 Å². The van der Waals surface area contributed by atoms with Crippen LogP contribution in [-0.4, -0.2) is 31.5 Å². The lowest BCUT2D eigenvalue weighted by Crippen LogP contribution is -2.37. The second-order valence-corrected chi connectivity index (χ2v) is 5.59. The molecule has 124 valence electrons. The quantitative estimate of drug-likeness (QED) is 0.937. The fraction of sp³-hybridized carbons (Fsp3) is 0.222. The molecular formula is C18H17FN2O3. The van der Waals surface area contributed by atoms with Crippen LogP contribution in [0.5, 0.6) is 5.75 Å². The van der Waals surface area contributed by atoms with E-state index in [0.29, 0.717) is 23.5 Å². The summed E-state index contributed by atoms with van der Waals surface area (Å²) in [6, 6.07) is 12.3. The first kappa shape index (κ1) is 16.0. The first-order valence-corrected chi connectivity index (χ1v) is 7.57. The molecule has 3 rings (SSSR count). The van der Waals surface area contributed by atoms with Gasteiger partial charge >= 0.3 is 0 Å². The molecule has 6 heteroatoms. The topological polar surface area (TPSA) is 58.6 Å². The van der Waals surface area contributed by atoms with Crippen LogP contribution in [0.2, 0.25) is 0 Å². The van der Waals surface area contributed by atoms with Gasteiger partial charge in [-0.2, -0.15) is 0 Å². The van der Waals surface area contributed by atoms with Crippen molar-refractivity contribution in [2.75, 3.05) is 18.6 Å². The molecule has 1 atom stereocenters.